The highest BCUT2D eigenvalue weighted by Gasteiger charge is 2.32. The Balaban J connectivity index is 0.000000358. The molecule has 4 nitrogen and oxygen atoms in total. The number of hydrogen-bond acceptors (Lipinski definition) is 4. The van der Waals surface area contributed by atoms with Crippen LogP contribution in [0.5, 0.6) is 0 Å². The third kappa shape index (κ3) is 5.67. The summed E-state index contributed by atoms with van der Waals surface area (Å²) in [6.07, 6.45) is 7.87. The van der Waals surface area contributed by atoms with Crippen LogP contribution in [0.1, 0.15) is 48.5 Å². The highest BCUT2D eigenvalue weighted by atomic mass is 16.3. The summed E-state index contributed by atoms with van der Waals surface area (Å²) in [5.74, 6) is 0.970. The second-order valence-corrected chi connectivity index (χ2v) is 6.22. The van der Waals surface area contributed by atoms with E-state index in [0.29, 0.717) is 6.54 Å². The van der Waals surface area contributed by atoms with Crippen molar-refractivity contribution in [2.45, 2.75) is 65.1 Å². The van der Waals surface area contributed by atoms with Gasteiger partial charge in [0.1, 0.15) is 13.7 Å². The first-order valence-electron chi connectivity index (χ1n) is 7.37. The van der Waals surface area contributed by atoms with Crippen LogP contribution < -0.4 is 0 Å². The van der Waals surface area contributed by atoms with Crippen LogP contribution in [0.4, 0.5) is 0 Å². The lowest BCUT2D eigenvalue weighted by atomic mass is 9.79. The average molecular weight is 292 g/mol. The molecule has 0 aromatic heterocycles. The molecule has 2 N–H and O–H groups in total. The summed E-state index contributed by atoms with van der Waals surface area (Å²) in [4.78, 5) is 6.28. The van der Waals surface area contributed by atoms with E-state index in [1.54, 1.807) is 27.7 Å². The molecule has 0 bridgehead atoms. The Hall–Kier alpha value is -1.07. The molecule has 1 unspecified atom stereocenters. The first-order valence-corrected chi connectivity index (χ1v) is 7.37. The van der Waals surface area contributed by atoms with E-state index in [9.17, 15) is 0 Å². The average Bonchev–Trinajstić information content (AvgIpc) is 2.67. The van der Waals surface area contributed by atoms with Crippen molar-refractivity contribution in [3.05, 3.63) is 24.4 Å². The Kier molecular flexibility index (Phi) is 6.91. The van der Waals surface area contributed by atoms with Gasteiger partial charge in [0.25, 0.3) is 0 Å². The quantitative estimate of drug-likeness (QED) is 0.729. The van der Waals surface area contributed by atoms with E-state index >= 15 is 0 Å². The number of aliphatic imine (C=N–C) groups is 1. The first kappa shape index (κ1) is 19.9. The predicted octanol–water partition coefficient (Wildman–Crippen LogP) is 2.22. The fourth-order valence-corrected chi connectivity index (χ4v) is 1.31. The molecule has 0 aliphatic carbocycles. The van der Waals surface area contributed by atoms with Gasteiger partial charge in [-0.15, -0.1) is 0 Å². The van der Waals surface area contributed by atoms with Crippen LogP contribution in [0.3, 0.4) is 0 Å². The Morgan fingerprint density at radius 1 is 1.14 bits per heavy atom. The molecule has 0 saturated carbocycles. The summed E-state index contributed by atoms with van der Waals surface area (Å²) in [6, 6.07) is 0. The summed E-state index contributed by atoms with van der Waals surface area (Å²) >= 11 is 0. The molecule has 0 saturated heterocycles. The van der Waals surface area contributed by atoms with Crippen molar-refractivity contribution in [3.63, 3.8) is 0 Å². The molecular formula is C16H29BN2O2. The molecule has 1 atom stereocenters. The van der Waals surface area contributed by atoms with Gasteiger partial charge in [-0.1, -0.05) is 19.9 Å². The molecule has 2 rings (SSSR count). The number of hydrogen-bond donors (Lipinski definition) is 2. The van der Waals surface area contributed by atoms with Gasteiger partial charge in [0.2, 0.25) is 0 Å². The van der Waals surface area contributed by atoms with Crippen LogP contribution >= 0.6 is 0 Å². The van der Waals surface area contributed by atoms with Gasteiger partial charge in [-0.3, -0.25) is 4.99 Å². The standard InChI is InChI=1S/C8H9BN2.C6H14O2.C2H6/c1-8(9)6-10-7-4-2-3-5-11(7)8;1-5(2,7)6(3,4)8;1-2/h2-5H,6H2,1H3;7-8H,1-4H3;1-2H3. The number of amidine groups is 1. The molecule has 2 heterocycles. The highest BCUT2D eigenvalue weighted by molar-refractivity contribution is 6.19. The molecule has 0 aromatic carbocycles. The normalized spacial score (nSPS) is 23.5. The van der Waals surface area contributed by atoms with Gasteiger partial charge in [-0.25, -0.2) is 0 Å². The Bertz CT molecular complexity index is 401. The third-order valence-electron chi connectivity index (χ3n) is 3.45. The summed E-state index contributed by atoms with van der Waals surface area (Å²) in [7, 11) is 5.96. The van der Waals surface area contributed by atoms with Crippen LogP contribution in [0.15, 0.2) is 29.4 Å². The Morgan fingerprint density at radius 2 is 1.62 bits per heavy atom. The largest absolute Gasteiger partial charge is 0.387 e. The molecule has 21 heavy (non-hydrogen) atoms. The van der Waals surface area contributed by atoms with E-state index in [0.717, 1.165) is 5.84 Å². The van der Waals surface area contributed by atoms with Crippen molar-refractivity contribution in [3.8, 4) is 0 Å². The number of nitrogens with zero attached hydrogens (tertiary/aromatic N) is 2. The molecule has 0 amide bonds. The number of aliphatic hydroxyl groups is 2. The minimum Gasteiger partial charge on any atom is -0.387 e. The zero-order chi connectivity index (χ0) is 16.9. The zero-order valence-corrected chi connectivity index (χ0v) is 14.4. The van der Waals surface area contributed by atoms with E-state index in [4.69, 9.17) is 18.1 Å². The van der Waals surface area contributed by atoms with E-state index < -0.39 is 11.2 Å². The predicted molar refractivity (Wildman–Crippen MR) is 90.5 cm³/mol. The molecule has 2 radical (unpaired) electrons. The molecule has 118 valence electrons. The van der Waals surface area contributed by atoms with Crippen molar-refractivity contribution in [1.29, 1.82) is 0 Å². The van der Waals surface area contributed by atoms with E-state index in [2.05, 4.69) is 4.99 Å². The van der Waals surface area contributed by atoms with Crippen molar-refractivity contribution < 1.29 is 10.2 Å². The lowest BCUT2D eigenvalue weighted by molar-refractivity contribution is -0.107. The van der Waals surface area contributed by atoms with Gasteiger partial charge in [0, 0.05) is 11.6 Å². The van der Waals surface area contributed by atoms with Crippen molar-refractivity contribution in [2.24, 2.45) is 4.99 Å². The van der Waals surface area contributed by atoms with Gasteiger partial charge in [0.05, 0.1) is 17.7 Å². The maximum Gasteiger partial charge on any atom is 0.127 e. The first-order chi connectivity index (χ1) is 9.45. The molecule has 0 aromatic rings. The van der Waals surface area contributed by atoms with Crippen LogP contribution in [-0.2, 0) is 0 Å². The van der Waals surface area contributed by atoms with Crippen molar-refractivity contribution in [2.75, 3.05) is 6.54 Å². The highest BCUT2D eigenvalue weighted by Crippen LogP contribution is 2.22. The molecule has 5 heteroatoms. The number of fused-ring (bicyclic) bond motifs is 1. The summed E-state index contributed by atoms with van der Waals surface area (Å²) < 4.78 is 0. The maximum atomic E-state index is 9.10. The molecule has 2 aliphatic heterocycles. The summed E-state index contributed by atoms with van der Waals surface area (Å²) in [6.45, 7) is 13.0. The molecule has 2 aliphatic rings. The molecule has 0 spiro atoms. The van der Waals surface area contributed by atoms with Crippen LogP contribution in [-0.4, -0.2) is 52.0 Å². The molecular weight excluding hydrogens is 263 g/mol. The smallest absolute Gasteiger partial charge is 0.127 e. The summed E-state index contributed by atoms with van der Waals surface area (Å²) in [5.41, 5.74) is -2.34. The van der Waals surface area contributed by atoms with Gasteiger partial charge >= 0.3 is 0 Å². The third-order valence-corrected chi connectivity index (χ3v) is 3.45. The van der Waals surface area contributed by atoms with Gasteiger partial charge in [-0.2, -0.15) is 0 Å². The maximum absolute atomic E-state index is 9.10. The minimum atomic E-state index is -1.01. The van der Waals surface area contributed by atoms with Crippen molar-refractivity contribution in [1.82, 2.24) is 4.90 Å². The van der Waals surface area contributed by atoms with Gasteiger partial charge < -0.3 is 15.1 Å². The monoisotopic (exact) mass is 292 g/mol. The Labute approximate surface area is 130 Å². The van der Waals surface area contributed by atoms with Crippen LogP contribution in [0.25, 0.3) is 0 Å². The van der Waals surface area contributed by atoms with E-state index in [1.165, 1.54) is 0 Å². The zero-order valence-electron chi connectivity index (χ0n) is 14.4. The minimum absolute atomic E-state index is 0.323. The number of allylic oxidation sites excluding steroid dienone is 2. The molecule has 0 fully saturated rings. The number of rotatable bonds is 1. The SMILES string of the molecule is CC.CC(C)(O)C(C)(C)O.[B]C1(C)CN=C2C=CC=CN21. The topological polar surface area (TPSA) is 56.1 Å². The lowest BCUT2D eigenvalue weighted by Gasteiger charge is -2.31. The van der Waals surface area contributed by atoms with Gasteiger partial charge in [-0.05, 0) is 46.8 Å². The fourth-order valence-electron chi connectivity index (χ4n) is 1.31. The van der Waals surface area contributed by atoms with Crippen molar-refractivity contribution >= 4 is 13.7 Å². The van der Waals surface area contributed by atoms with E-state index in [1.807, 2.05) is 50.1 Å². The van der Waals surface area contributed by atoms with Crippen LogP contribution in [0.2, 0.25) is 0 Å². The summed E-state index contributed by atoms with van der Waals surface area (Å²) in [5, 5.41) is 18.2. The lowest BCUT2D eigenvalue weighted by Crippen LogP contribution is -2.44. The second-order valence-electron chi connectivity index (χ2n) is 6.22. The van der Waals surface area contributed by atoms with Crippen LogP contribution in [0, 0.1) is 0 Å². The second kappa shape index (κ2) is 7.27. The Morgan fingerprint density at radius 3 is 2.00 bits per heavy atom. The van der Waals surface area contributed by atoms with Gasteiger partial charge in [0.15, 0.2) is 0 Å². The fraction of sp³-hybridized carbons (Fsp3) is 0.688. The van der Waals surface area contributed by atoms with E-state index in [-0.39, 0.29) is 5.44 Å².